The molecule has 1 aromatic carbocycles. The monoisotopic (exact) mass is 382 g/mol. The van der Waals surface area contributed by atoms with Crippen LogP contribution >= 0.6 is 0 Å². The zero-order valence-electron chi connectivity index (χ0n) is 6.11. The van der Waals surface area contributed by atoms with Crippen molar-refractivity contribution < 1.29 is 35.5 Å². The van der Waals surface area contributed by atoms with Gasteiger partial charge in [0.25, 0.3) is 0 Å². The first kappa shape index (κ1) is 9.50. The van der Waals surface area contributed by atoms with E-state index >= 15 is 0 Å². The van der Waals surface area contributed by atoms with E-state index in [1.165, 1.54) is 6.39 Å². The molecule has 56 valence electrons. The molecular formula is C8H4N2OU. The Bertz CT molecular complexity index is 397. The molecule has 0 atom stereocenters. The van der Waals surface area contributed by atoms with Gasteiger partial charge in [-0.05, 0) is 5.52 Å². The number of oxazole rings is 1. The number of aliphatic imine (C=N–C) groups is 1. The Hall–Kier alpha value is -0.588. The van der Waals surface area contributed by atoms with E-state index in [1.807, 2.05) is 0 Å². The van der Waals surface area contributed by atoms with E-state index < -0.39 is 0 Å². The molecule has 4 heteroatoms. The molecule has 0 saturated heterocycles. The Balaban J connectivity index is 0.000000720. The van der Waals surface area contributed by atoms with E-state index in [9.17, 15) is 0 Å². The SMILES string of the molecule is [CH-]=Nc1[c-]cc2ncoc2c1.[U+2]. The second kappa shape index (κ2) is 3.88. The summed E-state index contributed by atoms with van der Waals surface area (Å²) in [6.45, 7) is 5.04. The van der Waals surface area contributed by atoms with Crippen LogP contribution in [0.5, 0.6) is 0 Å². The second-order valence-corrected chi connectivity index (χ2v) is 2.05. The summed E-state index contributed by atoms with van der Waals surface area (Å²) in [5.41, 5.74) is 2.00. The normalized spacial score (nSPS) is 9.33. The molecule has 2 aromatic rings. The van der Waals surface area contributed by atoms with Crippen LogP contribution in [-0.4, -0.2) is 11.7 Å². The fraction of sp³-hybridized carbons (Fsp3) is 0. The van der Waals surface area contributed by atoms with Gasteiger partial charge in [-0.3, -0.25) is 11.1 Å². The average Bonchev–Trinajstić information content (AvgIpc) is 2.50. The first-order chi connectivity index (χ1) is 5.40. The number of hydrogen-bond acceptors (Lipinski definition) is 3. The minimum Gasteiger partial charge on any atom is -0.485 e. The molecule has 0 aliphatic heterocycles. The maximum atomic E-state index is 5.04. The molecule has 0 radical (unpaired) electrons. The third-order valence-corrected chi connectivity index (χ3v) is 1.39. The summed E-state index contributed by atoms with van der Waals surface area (Å²) in [4.78, 5) is 7.37. The molecule has 0 aliphatic rings. The third-order valence-electron chi connectivity index (χ3n) is 1.39. The molecule has 3 nitrogen and oxygen atoms in total. The van der Waals surface area contributed by atoms with Crippen molar-refractivity contribution in [3.8, 4) is 0 Å². The molecule has 0 aliphatic carbocycles. The Labute approximate surface area is 93.3 Å². The topological polar surface area (TPSA) is 38.4 Å². The zero-order valence-corrected chi connectivity index (χ0v) is 10.3. The van der Waals surface area contributed by atoms with Crippen molar-refractivity contribution in [2.75, 3.05) is 0 Å². The molecule has 1 heterocycles. The molecule has 2 rings (SSSR count). The van der Waals surface area contributed by atoms with E-state index in [-0.39, 0.29) is 31.1 Å². The zero-order chi connectivity index (χ0) is 7.68. The number of hydrogen-bond donors (Lipinski definition) is 0. The molecule has 0 amide bonds. The van der Waals surface area contributed by atoms with E-state index in [4.69, 9.17) is 11.1 Å². The molecular weight excluding hydrogens is 378 g/mol. The summed E-state index contributed by atoms with van der Waals surface area (Å²) in [5.74, 6) is 0. The fourth-order valence-electron chi connectivity index (χ4n) is 0.863. The van der Waals surface area contributed by atoms with Crippen LogP contribution in [0.25, 0.3) is 11.1 Å². The second-order valence-electron chi connectivity index (χ2n) is 2.05. The molecule has 12 heavy (non-hydrogen) atoms. The van der Waals surface area contributed by atoms with E-state index in [2.05, 4.69) is 16.0 Å². The predicted octanol–water partition coefficient (Wildman–Crippen LogP) is 1.84. The van der Waals surface area contributed by atoms with Crippen LogP contribution in [0.15, 0.2) is 27.9 Å². The van der Waals surface area contributed by atoms with Crippen LogP contribution in [0.1, 0.15) is 0 Å². The van der Waals surface area contributed by atoms with Crippen molar-refractivity contribution in [2.45, 2.75) is 0 Å². The van der Waals surface area contributed by atoms with E-state index in [1.54, 1.807) is 12.1 Å². The Morgan fingerprint density at radius 1 is 1.58 bits per heavy atom. The molecule has 0 N–H and O–H groups in total. The summed E-state index contributed by atoms with van der Waals surface area (Å²) in [5, 5.41) is 0. The van der Waals surface area contributed by atoms with Gasteiger partial charge in [0.1, 0.15) is 0 Å². The smallest absolute Gasteiger partial charge is 0.485 e. The van der Waals surface area contributed by atoms with Gasteiger partial charge < -0.3 is 9.41 Å². The largest absolute Gasteiger partial charge is 2.00 e. The maximum absolute atomic E-state index is 5.04. The summed E-state index contributed by atoms with van der Waals surface area (Å²) in [6, 6.07) is 6.20. The van der Waals surface area contributed by atoms with E-state index in [0.717, 1.165) is 5.52 Å². The van der Waals surface area contributed by atoms with Crippen LogP contribution in [-0.2, 0) is 0 Å². The quantitative estimate of drug-likeness (QED) is 0.558. The molecule has 0 spiro atoms. The average molecular weight is 382 g/mol. The van der Waals surface area contributed by atoms with Crippen LogP contribution in [0, 0.1) is 37.2 Å². The maximum Gasteiger partial charge on any atom is 2.00 e. The molecule has 1 aromatic heterocycles. The van der Waals surface area contributed by atoms with Gasteiger partial charge >= 0.3 is 31.1 Å². The predicted molar refractivity (Wildman–Crippen MR) is 41.0 cm³/mol. The summed E-state index contributed by atoms with van der Waals surface area (Å²) >= 11 is 0. The van der Waals surface area contributed by atoms with Crippen LogP contribution in [0.4, 0.5) is 5.69 Å². The first-order valence-corrected chi connectivity index (χ1v) is 3.06. The van der Waals surface area contributed by atoms with Gasteiger partial charge in [-0.2, -0.15) is 18.9 Å². The van der Waals surface area contributed by atoms with Crippen molar-refractivity contribution in [1.82, 2.24) is 4.98 Å². The minimum absolute atomic E-state index is 0. The Kier molecular flexibility index (Phi) is 3.07. The van der Waals surface area contributed by atoms with Crippen LogP contribution < -0.4 is 0 Å². The van der Waals surface area contributed by atoms with Gasteiger partial charge in [0.2, 0.25) is 0 Å². The molecule has 0 saturated carbocycles. The summed E-state index contributed by atoms with van der Waals surface area (Å²) in [6.07, 6.45) is 1.37. The number of benzene rings is 1. The van der Waals surface area contributed by atoms with Gasteiger partial charge in [-0.1, -0.05) is 0 Å². The van der Waals surface area contributed by atoms with Gasteiger partial charge in [-0.15, -0.1) is 0 Å². The van der Waals surface area contributed by atoms with Gasteiger partial charge in [0, 0.05) is 5.58 Å². The van der Waals surface area contributed by atoms with Crippen molar-refractivity contribution in [1.29, 1.82) is 0 Å². The standard InChI is InChI=1S/C8H4N2O.U/c1-9-6-2-3-7-8(4-6)11-5-10-7;/h1,3-5H;/q-2;+2. The first-order valence-electron chi connectivity index (χ1n) is 3.06. The van der Waals surface area contributed by atoms with E-state index in [0.29, 0.717) is 11.3 Å². The summed E-state index contributed by atoms with van der Waals surface area (Å²) in [7, 11) is 0. The molecule has 0 fully saturated rings. The number of fused-ring (bicyclic) bond motifs is 1. The van der Waals surface area contributed by atoms with Crippen molar-refractivity contribution >= 4 is 23.5 Å². The molecule has 0 bridgehead atoms. The number of nitrogens with zero attached hydrogens (tertiary/aromatic N) is 2. The van der Waals surface area contributed by atoms with Gasteiger partial charge in [0.15, 0.2) is 6.39 Å². The third kappa shape index (κ3) is 1.60. The molecule has 0 unspecified atom stereocenters. The van der Waals surface area contributed by atoms with Crippen molar-refractivity contribution in [2.24, 2.45) is 4.99 Å². The van der Waals surface area contributed by atoms with Gasteiger partial charge in [-0.25, -0.2) is 5.69 Å². The summed E-state index contributed by atoms with van der Waals surface area (Å²) < 4.78 is 5.01. The Morgan fingerprint density at radius 3 is 3.17 bits per heavy atom. The van der Waals surface area contributed by atoms with Crippen LogP contribution in [0.2, 0.25) is 0 Å². The fourth-order valence-corrected chi connectivity index (χ4v) is 0.863. The Morgan fingerprint density at radius 2 is 2.42 bits per heavy atom. The number of aromatic nitrogens is 1. The van der Waals surface area contributed by atoms with Crippen molar-refractivity contribution in [3.63, 3.8) is 0 Å². The van der Waals surface area contributed by atoms with Gasteiger partial charge in [0.05, 0.1) is 0 Å². The van der Waals surface area contributed by atoms with Crippen LogP contribution in [0.3, 0.4) is 0 Å². The number of rotatable bonds is 1. The van der Waals surface area contributed by atoms with Crippen molar-refractivity contribution in [3.05, 3.63) is 24.6 Å². The minimum atomic E-state index is 0.